The molecular formula is C21H22N4O3. The van der Waals surface area contributed by atoms with E-state index < -0.39 is 0 Å². The van der Waals surface area contributed by atoms with Crippen LogP contribution in [-0.4, -0.2) is 42.5 Å². The quantitative estimate of drug-likeness (QED) is 0.714. The van der Waals surface area contributed by atoms with Crippen LogP contribution in [0, 0.1) is 0 Å². The molecule has 1 aliphatic heterocycles. The molecule has 7 heteroatoms. The molecule has 7 nitrogen and oxygen atoms in total. The molecule has 0 spiro atoms. The summed E-state index contributed by atoms with van der Waals surface area (Å²) in [6, 6.07) is 15.2. The number of carbonyl (C=O) groups is 1. The average molecular weight is 378 g/mol. The Bertz CT molecular complexity index is 929. The lowest BCUT2D eigenvalue weighted by Gasteiger charge is -2.24. The van der Waals surface area contributed by atoms with Crippen LogP contribution in [0.15, 0.2) is 60.9 Å². The van der Waals surface area contributed by atoms with E-state index >= 15 is 0 Å². The van der Waals surface area contributed by atoms with Gasteiger partial charge in [0.15, 0.2) is 0 Å². The number of nitrogens with zero attached hydrogens (tertiary/aromatic N) is 2. The van der Waals surface area contributed by atoms with Gasteiger partial charge in [-0.3, -0.25) is 4.79 Å². The van der Waals surface area contributed by atoms with E-state index in [1.165, 1.54) is 0 Å². The smallest absolute Gasteiger partial charge is 0.258 e. The van der Waals surface area contributed by atoms with Gasteiger partial charge < -0.3 is 20.1 Å². The van der Waals surface area contributed by atoms with Gasteiger partial charge in [-0.15, -0.1) is 0 Å². The molecule has 1 unspecified atom stereocenters. The topological polar surface area (TPSA) is 77.4 Å². The molecule has 4 rings (SSSR count). The number of rotatable bonds is 5. The normalized spacial score (nSPS) is 16.5. The van der Waals surface area contributed by atoms with Crippen LogP contribution in [0.1, 0.15) is 22.0 Å². The van der Waals surface area contributed by atoms with E-state index in [2.05, 4.69) is 15.7 Å². The van der Waals surface area contributed by atoms with Gasteiger partial charge in [-0.2, -0.15) is 5.10 Å². The van der Waals surface area contributed by atoms with Crippen LogP contribution in [-0.2, 0) is 4.74 Å². The summed E-state index contributed by atoms with van der Waals surface area (Å²) < 4.78 is 12.6. The maximum atomic E-state index is 12.5. The number of aromatic nitrogens is 2. The number of amides is 1. The number of ether oxygens (including phenoxy) is 2. The first kappa shape index (κ1) is 18.2. The average Bonchev–Trinajstić information content (AvgIpc) is 3.25. The molecule has 1 amide bonds. The summed E-state index contributed by atoms with van der Waals surface area (Å²) in [4.78, 5) is 12.5. The molecule has 0 aliphatic carbocycles. The van der Waals surface area contributed by atoms with Gasteiger partial charge in [0.05, 0.1) is 37.3 Å². The van der Waals surface area contributed by atoms with Crippen LogP contribution < -0.4 is 15.4 Å². The van der Waals surface area contributed by atoms with Crippen LogP contribution in [0.5, 0.6) is 5.75 Å². The van der Waals surface area contributed by atoms with E-state index in [-0.39, 0.29) is 12.0 Å². The van der Waals surface area contributed by atoms with E-state index in [1.54, 1.807) is 24.2 Å². The number of methoxy groups -OCH3 is 1. The minimum Gasteiger partial charge on any atom is -0.497 e. The molecule has 1 saturated heterocycles. The highest BCUT2D eigenvalue weighted by molar-refractivity contribution is 6.04. The van der Waals surface area contributed by atoms with Crippen LogP contribution >= 0.6 is 0 Å². The Morgan fingerprint density at radius 1 is 1.21 bits per heavy atom. The number of nitrogens with one attached hydrogen (secondary N) is 2. The lowest BCUT2D eigenvalue weighted by molar-refractivity contribution is 0.0277. The molecule has 2 N–H and O–H groups in total. The summed E-state index contributed by atoms with van der Waals surface area (Å²) in [6.45, 7) is 2.40. The first-order valence-corrected chi connectivity index (χ1v) is 9.15. The zero-order valence-electron chi connectivity index (χ0n) is 15.6. The molecule has 144 valence electrons. The van der Waals surface area contributed by atoms with Gasteiger partial charge in [-0.25, -0.2) is 4.68 Å². The molecule has 0 saturated carbocycles. The predicted molar refractivity (Wildman–Crippen MR) is 106 cm³/mol. The Hall–Kier alpha value is -3.16. The fraction of sp³-hybridized carbons (Fsp3) is 0.238. The van der Waals surface area contributed by atoms with Gasteiger partial charge in [-0.05, 0) is 42.0 Å². The Kier molecular flexibility index (Phi) is 5.36. The van der Waals surface area contributed by atoms with E-state index in [9.17, 15) is 4.79 Å². The maximum Gasteiger partial charge on any atom is 0.258 e. The number of anilines is 1. The second kappa shape index (κ2) is 8.24. The van der Waals surface area contributed by atoms with Crippen LogP contribution in [0.4, 0.5) is 5.69 Å². The van der Waals surface area contributed by atoms with E-state index in [1.807, 2.05) is 48.5 Å². The van der Waals surface area contributed by atoms with Gasteiger partial charge >= 0.3 is 0 Å². The number of benzene rings is 2. The zero-order chi connectivity index (χ0) is 19.3. The van der Waals surface area contributed by atoms with Crippen LogP contribution in [0.2, 0.25) is 0 Å². The first-order chi connectivity index (χ1) is 13.7. The molecule has 1 aliphatic rings. The third kappa shape index (κ3) is 4.05. The van der Waals surface area contributed by atoms with Gasteiger partial charge in [0.25, 0.3) is 5.91 Å². The fourth-order valence-electron chi connectivity index (χ4n) is 3.08. The van der Waals surface area contributed by atoms with Crippen LogP contribution in [0.25, 0.3) is 5.69 Å². The predicted octanol–water partition coefficient (Wildman–Crippen LogP) is 2.79. The molecule has 0 bridgehead atoms. The highest BCUT2D eigenvalue weighted by atomic mass is 16.5. The zero-order valence-corrected chi connectivity index (χ0v) is 15.6. The SMILES string of the molecule is COc1ccc(-n2cc(C(=O)Nc3ccc(C4CNCCO4)cc3)cn2)cc1. The summed E-state index contributed by atoms with van der Waals surface area (Å²) in [5, 5.41) is 10.5. The lowest BCUT2D eigenvalue weighted by Crippen LogP contribution is -2.33. The first-order valence-electron chi connectivity index (χ1n) is 9.15. The highest BCUT2D eigenvalue weighted by Crippen LogP contribution is 2.21. The number of carbonyl (C=O) groups excluding carboxylic acids is 1. The second-order valence-corrected chi connectivity index (χ2v) is 6.51. The standard InChI is InChI=1S/C21H22N4O3/c1-27-19-8-6-18(7-9-19)25-14-16(12-23-25)21(26)24-17-4-2-15(3-5-17)20-13-22-10-11-28-20/h2-9,12,14,20,22H,10-11,13H2,1H3,(H,24,26). The van der Waals surface area contributed by atoms with Crippen molar-refractivity contribution in [1.29, 1.82) is 0 Å². The lowest BCUT2D eigenvalue weighted by atomic mass is 10.1. The summed E-state index contributed by atoms with van der Waals surface area (Å²) in [6.07, 6.45) is 3.31. The van der Waals surface area contributed by atoms with Crippen molar-refractivity contribution >= 4 is 11.6 Å². The minimum absolute atomic E-state index is 0.0567. The minimum atomic E-state index is -0.205. The molecule has 2 heterocycles. The Labute approximate surface area is 163 Å². The highest BCUT2D eigenvalue weighted by Gasteiger charge is 2.16. The van der Waals surface area contributed by atoms with Gasteiger partial charge in [-0.1, -0.05) is 12.1 Å². The van der Waals surface area contributed by atoms with Crippen molar-refractivity contribution in [3.8, 4) is 11.4 Å². The van der Waals surface area contributed by atoms with Crippen molar-refractivity contribution in [1.82, 2.24) is 15.1 Å². The molecule has 1 fully saturated rings. The van der Waals surface area contributed by atoms with Crippen molar-refractivity contribution in [2.75, 3.05) is 32.1 Å². The number of hydrogen-bond acceptors (Lipinski definition) is 5. The number of hydrogen-bond donors (Lipinski definition) is 2. The number of morpholine rings is 1. The monoisotopic (exact) mass is 378 g/mol. The summed E-state index contributed by atoms with van der Waals surface area (Å²) in [7, 11) is 1.62. The summed E-state index contributed by atoms with van der Waals surface area (Å²) in [5.41, 5.74) is 3.16. The third-order valence-corrected chi connectivity index (χ3v) is 4.65. The third-order valence-electron chi connectivity index (χ3n) is 4.65. The Balaban J connectivity index is 1.41. The largest absolute Gasteiger partial charge is 0.497 e. The van der Waals surface area contributed by atoms with Crippen molar-refractivity contribution in [2.45, 2.75) is 6.10 Å². The Morgan fingerprint density at radius 3 is 2.68 bits per heavy atom. The van der Waals surface area contributed by atoms with Crippen LogP contribution in [0.3, 0.4) is 0 Å². The van der Waals surface area contributed by atoms with Gasteiger partial charge in [0, 0.05) is 25.0 Å². The molecule has 1 atom stereocenters. The summed E-state index contributed by atoms with van der Waals surface area (Å²) >= 11 is 0. The molecule has 0 radical (unpaired) electrons. The van der Waals surface area contributed by atoms with Crippen molar-refractivity contribution < 1.29 is 14.3 Å². The molecular weight excluding hydrogens is 356 g/mol. The molecule has 28 heavy (non-hydrogen) atoms. The summed E-state index contributed by atoms with van der Waals surface area (Å²) in [5.74, 6) is 0.565. The Morgan fingerprint density at radius 2 is 2.00 bits per heavy atom. The maximum absolute atomic E-state index is 12.5. The van der Waals surface area contributed by atoms with Crippen molar-refractivity contribution in [3.05, 3.63) is 72.1 Å². The van der Waals surface area contributed by atoms with E-state index in [0.717, 1.165) is 35.8 Å². The van der Waals surface area contributed by atoms with E-state index in [0.29, 0.717) is 12.2 Å². The molecule has 2 aromatic carbocycles. The van der Waals surface area contributed by atoms with E-state index in [4.69, 9.17) is 9.47 Å². The van der Waals surface area contributed by atoms with Gasteiger partial charge in [0.1, 0.15) is 5.75 Å². The molecule has 3 aromatic rings. The molecule has 1 aromatic heterocycles. The van der Waals surface area contributed by atoms with Gasteiger partial charge in [0.2, 0.25) is 0 Å². The van der Waals surface area contributed by atoms with Crippen molar-refractivity contribution in [2.24, 2.45) is 0 Å². The fourth-order valence-corrected chi connectivity index (χ4v) is 3.08. The van der Waals surface area contributed by atoms with Crippen molar-refractivity contribution in [3.63, 3.8) is 0 Å². The second-order valence-electron chi connectivity index (χ2n) is 6.51.